The Morgan fingerprint density at radius 3 is 2.05 bits per heavy atom. The number of hydrogen-bond acceptors (Lipinski definition) is 2. The van der Waals surface area contributed by atoms with E-state index in [1.165, 1.54) is 7.11 Å². The maximum absolute atomic E-state index is 13.3. The molecule has 5 heteroatoms. The highest BCUT2D eigenvalue weighted by atomic mass is 19.2. The standard InChI is InChI=1S/C14H11F3O2/c1-18-10-2-4-11(5-3-10)19-8-9-6-13(16)14(17)7-12(9)15/h2-7H,8H2,1H3. The van der Waals surface area contributed by atoms with Crippen LogP contribution in [0.25, 0.3) is 0 Å². The summed E-state index contributed by atoms with van der Waals surface area (Å²) in [4.78, 5) is 0. The van der Waals surface area contributed by atoms with Crippen molar-refractivity contribution < 1.29 is 22.6 Å². The fourth-order valence-corrected chi connectivity index (χ4v) is 1.51. The largest absolute Gasteiger partial charge is 0.497 e. The molecule has 0 bridgehead atoms. The van der Waals surface area contributed by atoms with Gasteiger partial charge in [0.2, 0.25) is 0 Å². The van der Waals surface area contributed by atoms with Gasteiger partial charge in [-0.1, -0.05) is 0 Å². The van der Waals surface area contributed by atoms with Gasteiger partial charge in [-0.3, -0.25) is 0 Å². The van der Waals surface area contributed by atoms with Gasteiger partial charge < -0.3 is 9.47 Å². The molecule has 0 aliphatic heterocycles. The normalized spacial score (nSPS) is 10.3. The lowest BCUT2D eigenvalue weighted by molar-refractivity contribution is 0.297. The Labute approximate surface area is 108 Å². The van der Waals surface area contributed by atoms with Crippen LogP contribution in [0.1, 0.15) is 5.56 Å². The summed E-state index contributed by atoms with van der Waals surface area (Å²) < 4.78 is 49.3. The second-order valence-corrected chi connectivity index (χ2v) is 3.82. The zero-order chi connectivity index (χ0) is 13.8. The molecule has 0 unspecified atom stereocenters. The van der Waals surface area contributed by atoms with E-state index in [9.17, 15) is 13.2 Å². The Hall–Kier alpha value is -2.17. The second-order valence-electron chi connectivity index (χ2n) is 3.82. The van der Waals surface area contributed by atoms with Crippen LogP contribution in [0, 0.1) is 17.5 Å². The first-order valence-electron chi connectivity index (χ1n) is 5.50. The molecule has 0 aliphatic rings. The minimum atomic E-state index is -1.22. The lowest BCUT2D eigenvalue weighted by Gasteiger charge is -2.08. The monoisotopic (exact) mass is 268 g/mol. The third-order valence-corrected chi connectivity index (χ3v) is 2.54. The average Bonchev–Trinajstić information content (AvgIpc) is 2.42. The van der Waals surface area contributed by atoms with E-state index >= 15 is 0 Å². The van der Waals surface area contributed by atoms with Gasteiger partial charge in [-0.15, -0.1) is 0 Å². The molecule has 0 fully saturated rings. The third-order valence-electron chi connectivity index (χ3n) is 2.54. The molecule has 0 spiro atoms. The van der Waals surface area contributed by atoms with E-state index in [2.05, 4.69) is 0 Å². The van der Waals surface area contributed by atoms with Crippen LogP contribution < -0.4 is 9.47 Å². The molecule has 0 heterocycles. The molecule has 0 saturated carbocycles. The van der Waals surface area contributed by atoms with Gasteiger partial charge in [-0.05, 0) is 30.3 Å². The van der Waals surface area contributed by atoms with Crippen LogP contribution in [0.15, 0.2) is 36.4 Å². The molecule has 2 aromatic carbocycles. The van der Waals surface area contributed by atoms with E-state index < -0.39 is 17.5 Å². The van der Waals surface area contributed by atoms with Gasteiger partial charge in [-0.2, -0.15) is 0 Å². The van der Waals surface area contributed by atoms with Crippen molar-refractivity contribution in [1.82, 2.24) is 0 Å². The van der Waals surface area contributed by atoms with E-state index in [4.69, 9.17) is 9.47 Å². The Balaban J connectivity index is 2.07. The molecule has 0 atom stereocenters. The molecular weight excluding hydrogens is 257 g/mol. The second kappa shape index (κ2) is 5.65. The van der Waals surface area contributed by atoms with Gasteiger partial charge in [-0.25, -0.2) is 13.2 Å². The van der Waals surface area contributed by atoms with Crippen LogP contribution in [0.2, 0.25) is 0 Å². The molecule has 2 rings (SSSR count). The fourth-order valence-electron chi connectivity index (χ4n) is 1.51. The number of benzene rings is 2. The summed E-state index contributed by atoms with van der Waals surface area (Å²) in [6.45, 7) is -0.185. The van der Waals surface area contributed by atoms with E-state index in [1.54, 1.807) is 24.3 Å². The highest BCUT2D eigenvalue weighted by Gasteiger charge is 2.10. The van der Waals surface area contributed by atoms with Crippen LogP contribution in [-0.2, 0) is 6.61 Å². The predicted octanol–water partition coefficient (Wildman–Crippen LogP) is 3.69. The number of ether oxygens (including phenoxy) is 2. The lowest BCUT2D eigenvalue weighted by Crippen LogP contribution is -2.01. The molecule has 100 valence electrons. The van der Waals surface area contributed by atoms with E-state index in [1.807, 2.05) is 0 Å². The van der Waals surface area contributed by atoms with E-state index in [0.29, 0.717) is 17.6 Å². The summed E-state index contributed by atoms with van der Waals surface area (Å²) in [6.07, 6.45) is 0. The summed E-state index contributed by atoms with van der Waals surface area (Å²) >= 11 is 0. The summed E-state index contributed by atoms with van der Waals surface area (Å²) in [5, 5.41) is 0. The van der Waals surface area contributed by atoms with Gasteiger partial charge >= 0.3 is 0 Å². The molecule has 0 radical (unpaired) electrons. The molecule has 2 nitrogen and oxygen atoms in total. The molecule has 19 heavy (non-hydrogen) atoms. The van der Waals surface area contributed by atoms with Crippen LogP contribution >= 0.6 is 0 Å². The summed E-state index contributed by atoms with van der Waals surface area (Å²) in [6, 6.07) is 7.91. The minimum absolute atomic E-state index is 0.0466. The zero-order valence-corrected chi connectivity index (χ0v) is 10.1. The van der Waals surface area contributed by atoms with E-state index in [0.717, 1.165) is 6.07 Å². The van der Waals surface area contributed by atoms with Gasteiger partial charge in [0.15, 0.2) is 11.6 Å². The number of halogens is 3. The van der Waals surface area contributed by atoms with Crippen LogP contribution in [0.5, 0.6) is 11.5 Å². The first kappa shape index (κ1) is 13.3. The quantitative estimate of drug-likeness (QED) is 0.787. The van der Waals surface area contributed by atoms with Crippen molar-refractivity contribution in [3.8, 4) is 11.5 Å². The van der Waals surface area contributed by atoms with Crippen molar-refractivity contribution in [2.75, 3.05) is 7.11 Å². The SMILES string of the molecule is COc1ccc(OCc2cc(F)c(F)cc2F)cc1. The Kier molecular flexibility index (Phi) is 3.94. The van der Waals surface area contributed by atoms with Gasteiger partial charge in [0.05, 0.1) is 7.11 Å². The van der Waals surface area contributed by atoms with Gasteiger partial charge in [0.1, 0.15) is 23.9 Å². The van der Waals surface area contributed by atoms with Crippen LogP contribution in [0.4, 0.5) is 13.2 Å². The van der Waals surface area contributed by atoms with Crippen molar-refractivity contribution in [2.24, 2.45) is 0 Å². The fraction of sp³-hybridized carbons (Fsp3) is 0.143. The summed E-state index contributed by atoms with van der Waals surface area (Å²) in [5.74, 6) is -2.02. The molecule has 2 aromatic rings. The lowest BCUT2D eigenvalue weighted by atomic mass is 10.2. The van der Waals surface area contributed by atoms with E-state index in [-0.39, 0.29) is 12.2 Å². The van der Waals surface area contributed by atoms with Crippen molar-refractivity contribution in [1.29, 1.82) is 0 Å². The maximum Gasteiger partial charge on any atom is 0.161 e. The van der Waals surface area contributed by atoms with Gasteiger partial charge in [0, 0.05) is 11.6 Å². The maximum atomic E-state index is 13.3. The number of methoxy groups -OCH3 is 1. The smallest absolute Gasteiger partial charge is 0.161 e. The molecule has 0 N–H and O–H groups in total. The Morgan fingerprint density at radius 1 is 0.842 bits per heavy atom. The van der Waals surface area contributed by atoms with Crippen molar-refractivity contribution in [3.05, 3.63) is 59.4 Å². The summed E-state index contributed by atoms with van der Waals surface area (Å²) in [7, 11) is 1.53. The summed E-state index contributed by atoms with van der Waals surface area (Å²) in [5.41, 5.74) is -0.0466. The topological polar surface area (TPSA) is 18.5 Å². The zero-order valence-electron chi connectivity index (χ0n) is 10.1. The predicted molar refractivity (Wildman–Crippen MR) is 63.6 cm³/mol. The number of rotatable bonds is 4. The number of hydrogen-bond donors (Lipinski definition) is 0. The van der Waals surface area contributed by atoms with Crippen molar-refractivity contribution >= 4 is 0 Å². The first-order valence-corrected chi connectivity index (χ1v) is 5.50. The Bertz CT molecular complexity index is 568. The Morgan fingerprint density at radius 2 is 1.42 bits per heavy atom. The van der Waals surface area contributed by atoms with Crippen molar-refractivity contribution in [2.45, 2.75) is 6.61 Å². The molecular formula is C14H11F3O2. The average molecular weight is 268 g/mol. The minimum Gasteiger partial charge on any atom is -0.497 e. The van der Waals surface area contributed by atoms with Crippen LogP contribution in [-0.4, -0.2) is 7.11 Å². The van der Waals surface area contributed by atoms with Gasteiger partial charge in [0.25, 0.3) is 0 Å². The molecule has 0 aromatic heterocycles. The molecule has 0 aliphatic carbocycles. The molecule has 0 amide bonds. The third kappa shape index (κ3) is 3.19. The molecule has 0 saturated heterocycles. The first-order chi connectivity index (χ1) is 9.10. The van der Waals surface area contributed by atoms with Crippen LogP contribution in [0.3, 0.4) is 0 Å². The highest BCUT2D eigenvalue weighted by molar-refractivity contribution is 5.31. The van der Waals surface area contributed by atoms with Crippen molar-refractivity contribution in [3.63, 3.8) is 0 Å². The highest BCUT2D eigenvalue weighted by Crippen LogP contribution is 2.20.